The number of para-hydroxylation sites is 1. The monoisotopic (exact) mass is 266 g/mol. The van der Waals surface area contributed by atoms with Gasteiger partial charge in [0.1, 0.15) is 0 Å². The minimum absolute atomic E-state index is 0.0455. The highest BCUT2D eigenvalue weighted by Crippen LogP contribution is 2.09. The molecule has 104 valence electrons. The smallest absolute Gasteiger partial charge is 0.243 e. The summed E-state index contributed by atoms with van der Waals surface area (Å²) in [5.74, 6) is -0.420. The van der Waals surface area contributed by atoms with Crippen molar-refractivity contribution in [3.8, 4) is 0 Å². The lowest BCUT2D eigenvalue weighted by Crippen LogP contribution is -2.17. The van der Waals surface area contributed by atoms with Crippen molar-refractivity contribution in [2.24, 2.45) is 0 Å². The zero-order chi connectivity index (χ0) is 14.8. The number of hydrogen-bond acceptors (Lipinski definition) is 3. The van der Waals surface area contributed by atoms with Crippen molar-refractivity contribution in [2.45, 2.75) is 38.5 Å². The largest absolute Gasteiger partial charge is 0.326 e. The van der Waals surface area contributed by atoms with E-state index in [1.165, 1.54) is 0 Å². The van der Waals surface area contributed by atoms with Crippen molar-refractivity contribution in [3.63, 3.8) is 0 Å². The molecule has 1 aromatic rings. The third-order valence-corrected chi connectivity index (χ3v) is 2.68. The summed E-state index contributed by atoms with van der Waals surface area (Å²) in [6.45, 7) is 0. The van der Waals surface area contributed by atoms with Crippen molar-refractivity contribution in [2.75, 3.05) is 5.32 Å². The Morgan fingerprint density at radius 2 is 1.63 bits per heavy atom. The van der Waals surface area contributed by atoms with E-state index in [1.54, 1.807) is 29.7 Å². The minimum atomic E-state index is -0.374. The van der Waals surface area contributed by atoms with Gasteiger partial charge in [0.2, 0.25) is 11.8 Å². The summed E-state index contributed by atoms with van der Waals surface area (Å²) in [4.78, 5) is 22.4. The van der Waals surface area contributed by atoms with Gasteiger partial charge in [-0.3, -0.25) is 14.8 Å². The molecule has 0 aliphatic heterocycles. The van der Waals surface area contributed by atoms with Crippen molar-refractivity contribution in [1.29, 1.82) is 0 Å². The van der Waals surface area contributed by atoms with Crippen LogP contribution in [0, 0.1) is 0 Å². The number of benzene rings is 1. The standard InChI is InChI=1S/C14H20N2O3/c17-13(15-12-8-4-3-5-9-12)10-6-1-2-7-11-14(18)16-19/h3-5,8-9,19H,1-2,6-7,10-11H2,(H,15,17)(H,16,18)/i3T. The van der Waals surface area contributed by atoms with Crippen LogP contribution in [0.3, 0.4) is 0 Å². The van der Waals surface area contributed by atoms with Gasteiger partial charge >= 0.3 is 0 Å². The number of rotatable bonds is 8. The predicted molar refractivity (Wildman–Crippen MR) is 72.7 cm³/mol. The quantitative estimate of drug-likeness (QED) is 0.384. The first kappa shape index (κ1) is 13.5. The van der Waals surface area contributed by atoms with E-state index in [4.69, 9.17) is 6.58 Å². The molecule has 5 heteroatoms. The highest BCUT2D eigenvalue weighted by atomic mass is 16.5. The van der Waals surface area contributed by atoms with Crippen LogP contribution >= 0.6 is 0 Å². The Bertz CT molecular complexity index is 435. The number of hydrogen-bond donors (Lipinski definition) is 3. The number of nitrogens with one attached hydrogen (secondary N) is 2. The summed E-state index contributed by atoms with van der Waals surface area (Å²) in [6, 6.07) is 7.07. The summed E-state index contributed by atoms with van der Waals surface area (Å²) in [7, 11) is 0. The van der Waals surface area contributed by atoms with Crippen molar-refractivity contribution in [1.82, 2.24) is 5.48 Å². The van der Waals surface area contributed by atoms with Crippen LogP contribution in [0.25, 0.3) is 0 Å². The Balaban J connectivity index is 2.08. The second-order valence-corrected chi connectivity index (χ2v) is 4.29. The SMILES string of the molecule is [3H]c1ccc(NC(=O)CCCCCCC(=O)NO)cc1. The number of amides is 2. The molecule has 0 aliphatic rings. The average Bonchev–Trinajstić information content (AvgIpc) is 2.44. The molecule has 0 aliphatic carbocycles. The second-order valence-electron chi connectivity index (χ2n) is 4.29. The molecule has 0 radical (unpaired) electrons. The maximum absolute atomic E-state index is 11.6. The van der Waals surface area contributed by atoms with E-state index in [1.807, 2.05) is 0 Å². The van der Waals surface area contributed by atoms with E-state index < -0.39 is 0 Å². The van der Waals surface area contributed by atoms with Gasteiger partial charge in [0.25, 0.3) is 0 Å². The zero-order valence-electron chi connectivity index (χ0n) is 11.8. The lowest BCUT2D eigenvalue weighted by Gasteiger charge is -2.04. The molecular formula is C14H20N2O3. The molecule has 0 unspecified atom stereocenters. The van der Waals surface area contributed by atoms with Crippen LogP contribution in [-0.4, -0.2) is 17.0 Å². The van der Waals surface area contributed by atoms with Crippen molar-refractivity contribution in [3.05, 3.63) is 30.3 Å². The van der Waals surface area contributed by atoms with Crippen LogP contribution < -0.4 is 10.8 Å². The Morgan fingerprint density at radius 3 is 2.21 bits per heavy atom. The van der Waals surface area contributed by atoms with Crippen molar-refractivity contribution >= 4 is 17.5 Å². The fraction of sp³-hybridized carbons (Fsp3) is 0.429. The molecule has 1 rings (SSSR count). The number of anilines is 1. The molecule has 0 bridgehead atoms. The fourth-order valence-corrected chi connectivity index (χ4v) is 1.67. The van der Waals surface area contributed by atoms with Crippen LogP contribution in [0.5, 0.6) is 0 Å². The normalized spacial score (nSPS) is 10.7. The molecular weight excluding hydrogens is 244 g/mol. The van der Waals surface area contributed by atoms with Crippen LogP contribution in [-0.2, 0) is 9.59 Å². The van der Waals surface area contributed by atoms with E-state index in [2.05, 4.69) is 5.32 Å². The molecule has 0 spiro atoms. The number of carbonyl (C=O) groups excluding carboxylic acids is 2. The molecule has 0 saturated heterocycles. The fourth-order valence-electron chi connectivity index (χ4n) is 1.67. The first-order chi connectivity index (χ1) is 9.61. The number of carbonyl (C=O) groups is 2. The summed E-state index contributed by atoms with van der Waals surface area (Å²) >= 11 is 0. The maximum atomic E-state index is 11.6. The molecule has 0 saturated carbocycles. The van der Waals surface area contributed by atoms with Crippen molar-refractivity contribution < 1.29 is 16.2 Å². The summed E-state index contributed by atoms with van der Waals surface area (Å²) in [5, 5.41) is 11.1. The van der Waals surface area contributed by atoms with Crippen LogP contribution in [0.4, 0.5) is 5.69 Å². The molecule has 0 aromatic heterocycles. The van der Waals surface area contributed by atoms with Gasteiger partial charge in [-0.25, -0.2) is 5.48 Å². The molecule has 0 atom stereocenters. The first-order valence-electron chi connectivity index (χ1n) is 6.91. The van der Waals surface area contributed by atoms with Crippen LogP contribution in [0.1, 0.15) is 39.9 Å². The average molecular weight is 266 g/mol. The van der Waals surface area contributed by atoms with Gasteiger partial charge < -0.3 is 5.32 Å². The van der Waals surface area contributed by atoms with Gasteiger partial charge in [0.05, 0.1) is 1.37 Å². The number of unbranched alkanes of at least 4 members (excludes halogenated alkanes) is 3. The Morgan fingerprint density at radius 1 is 1.05 bits per heavy atom. The molecule has 0 heterocycles. The molecule has 2 amide bonds. The maximum Gasteiger partial charge on any atom is 0.243 e. The number of hydroxylamine groups is 1. The van der Waals surface area contributed by atoms with Gasteiger partial charge in [-0.2, -0.15) is 0 Å². The topological polar surface area (TPSA) is 78.4 Å². The third kappa shape index (κ3) is 7.21. The molecule has 1 aromatic carbocycles. The Kier molecular flexibility index (Phi) is 6.49. The van der Waals surface area contributed by atoms with E-state index in [0.717, 1.165) is 19.3 Å². The van der Waals surface area contributed by atoms with Gasteiger partial charge in [-0.05, 0) is 25.0 Å². The Hall–Kier alpha value is -1.88. The lowest BCUT2D eigenvalue weighted by atomic mass is 10.1. The van der Waals surface area contributed by atoms with Gasteiger partial charge in [-0.1, -0.05) is 31.0 Å². The lowest BCUT2D eigenvalue weighted by molar-refractivity contribution is -0.129. The van der Waals surface area contributed by atoms with Gasteiger partial charge in [0.15, 0.2) is 0 Å². The molecule has 19 heavy (non-hydrogen) atoms. The molecule has 0 fully saturated rings. The first-order valence-corrected chi connectivity index (χ1v) is 6.41. The highest BCUT2D eigenvalue weighted by Gasteiger charge is 2.02. The Labute approximate surface area is 114 Å². The third-order valence-electron chi connectivity index (χ3n) is 2.68. The van der Waals surface area contributed by atoms with E-state index >= 15 is 0 Å². The van der Waals surface area contributed by atoms with E-state index in [9.17, 15) is 9.59 Å². The second kappa shape index (κ2) is 9.10. The van der Waals surface area contributed by atoms with E-state index in [-0.39, 0.29) is 11.8 Å². The zero-order valence-corrected chi connectivity index (χ0v) is 10.8. The predicted octanol–water partition coefficient (Wildman–Crippen LogP) is 2.47. The van der Waals surface area contributed by atoms with Crippen LogP contribution in [0.2, 0.25) is 0 Å². The summed E-state index contributed by atoms with van der Waals surface area (Å²) in [6.07, 6.45) is 3.95. The minimum Gasteiger partial charge on any atom is -0.326 e. The molecule has 5 nitrogen and oxygen atoms in total. The van der Waals surface area contributed by atoms with Gasteiger partial charge in [-0.15, -0.1) is 0 Å². The van der Waals surface area contributed by atoms with Gasteiger partial charge in [0, 0.05) is 18.5 Å². The summed E-state index contributed by atoms with van der Waals surface area (Å²) in [5.41, 5.74) is 2.29. The summed E-state index contributed by atoms with van der Waals surface area (Å²) < 4.78 is 7.34. The van der Waals surface area contributed by atoms with Crippen LogP contribution in [0.15, 0.2) is 30.3 Å². The van der Waals surface area contributed by atoms with E-state index in [0.29, 0.717) is 31.0 Å². The molecule has 3 N–H and O–H groups in total. The highest BCUT2D eigenvalue weighted by molar-refractivity contribution is 5.90.